The van der Waals surface area contributed by atoms with E-state index in [1.807, 2.05) is 0 Å². The number of carbonyl (C=O) groups excluding carboxylic acids is 2. The number of aliphatic carboxylic acids is 1. The van der Waals surface area contributed by atoms with Crippen LogP contribution in [0.25, 0.3) is 0 Å². The molecule has 0 aromatic rings. The Morgan fingerprint density at radius 3 is 2.24 bits per heavy atom. The molecule has 138 valence electrons. The van der Waals surface area contributed by atoms with E-state index >= 15 is 0 Å². The maximum Gasteiger partial charge on any atom is 0.332 e. The summed E-state index contributed by atoms with van der Waals surface area (Å²) in [7, 11) is 0. The van der Waals surface area contributed by atoms with Crippen molar-refractivity contribution in [1.82, 2.24) is 9.80 Å². The molecule has 1 heterocycles. The Bertz CT molecular complexity index is 520. The first kappa shape index (κ1) is 20.4. The molecule has 0 aromatic carbocycles. The number of nitrogens with zero attached hydrogens (tertiary/aromatic N) is 3. The number of carboxylic acid groups (broad SMARTS) is 1. The molecule has 2 amide bonds. The van der Waals surface area contributed by atoms with E-state index in [0.29, 0.717) is 13.1 Å². The van der Waals surface area contributed by atoms with E-state index < -0.39 is 12.1 Å². The largest absolute Gasteiger partial charge is 0.479 e. The second-order valence-corrected chi connectivity index (χ2v) is 5.37. The SMILES string of the molecule is C=CC(=O)N1CC(C=NOCCOC(C)C(=O)O)CN(C(=O)C=C)C1. The lowest BCUT2D eigenvalue weighted by Gasteiger charge is -2.38. The zero-order valence-electron chi connectivity index (χ0n) is 14.2. The zero-order chi connectivity index (χ0) is 18.8. The van der Waals surface area contributed by atoms with E-state index in [2.05, 4.69) is 18.3 Å². The lowest BCUT2D eigenvalue weighted by molar-refractivity contribution is -0.150. The van der Waals surface area contributed by atoms with Crippen LogP contribution in [0.1, 0.15) is 6.92 Å². The van der Waals surface area contributed by atoms with Gasteiger partial charge in [0.1, 0.15) is 6.61 Å². The number of oxime groups is 1. The Kier molecular flexibility index (Phi) is 8.34. The molecule has 9 heteroatoms. The molecule has 0 saturated carbocycles. The molecule has 25 heavy (non-hydrogen) atoms. The average Bonchev–Trinajstić information content (AvgIpc) is 2.62. The van der Waals surface area contributed by atoms with Gasteiger partial charge in [0.2, 0.25) is 11.8 Å². The minimum atomic E-state index is -1.05. The van der Waals surface area contributed by atoms with E-state index in [9.17, 15) is 14.4 Å². The average molecular weight is 353 g/mol. The van der Waals surface area contributed by atoms with Gasteiger partial charge in [-0.1, -0.05) is 18.3 Å². The molecule has 1 N–H and O–H groups in total. The van der Waals surface area contributed by atoms with Gasteiger partial charge >= 0.3 is 5.97 Å². The van der Waals surface area contributed by atoms with Crippen molar-refractivity contribution < 1.29 is 29.1 Å². The molecular weight excluding hydrogens is 330 g/mol. The number of amides is 2. The van der Waals surface area contributed by atoms with Crippen molar-refractivity contribution in [2.75, 3.05) is 33.0 Å². The Labute approximate surface area is 146 Å². The normalized spacial score (nSPS) is 16.5. The number of hydrogen-bond acceptors (Lipinski definition) is 6. The number of carboxylic acids is 1. The van der Waals surface area contributed by atoms with Crippen LogP contribution in [-0.4, -0.2) is 78.0 Å². The number of hydrogen-bond donors (Lipinski definition) is 1. The van der Waals surface area contributed by atoms with Crippen molar-refractivity contribution in [1.29, 1.82) is 0 Å². The molecule has 9 nitrogen and oxygen atoms in total. The van der Waals surface area contributed by atoms with Crippen LogP contribution in [0.5, 0.6) is 0 Å². The highest BCUT2D eigenvalue weighted by molar-refractivity contribution is 5.90. The molecule has 1 aliphatic heterocycles. The molecule has 0 spiro atoms. The van der Waals surface area contributed by atoms with E-state index in [0.717, 1.165) is 0 Å². The van der Waals surface area contributed by atoms with Crippen molar-refractivity contribution in [2.24, 2.45) is 11.1 Å². The molecule has 1 fully saturated rings. The van der Waals surface area contributed by atoms with Crippen molar-refractivity contribution >= 4 is 24.0 Å². The number of carbonyl (C=O) groups is 3. The molecule has 1 atom stereocenters. The zero-order valence-corrected chi connectivity index (χ0v) is 14.2. The van der Waals surface area contributed by atoms with Crippen LogP contribution >= 0.6 is 0 Å². The fraction of sp³-hybridized carbons (Fsp3) is 0.500. The minimum Gasteiger partial charge on any atom is -0.479 e. The van der Waals surface area contributed by atoms with Gasteiger partial charge in [-0.05, 0) is 19.1 Å². The topological polar surface area (TPSA) is 109 Å². The Balaban J connectivity index is 2.50. The Morgan fingerprint density at radius 2 is 1.76 bits per heavy atom. The van der Waals surface area contributed by atoms with E-state index in [1.54, 1.807) is 0 Å². The third-order valence-corrected chi connectivity index (χ3v) is 3.46. The van der Waals surface area contributed by atoms with E-state index in [1.165, 1.54) is 35.1 Å². The van der Waals surface area contributed by atoms with Crippen LogP contribution in [0.15, 0.2) is 30.5 Å². The lowest BCUT2D eigenvalue weighted by atomic mass is 10.1. The van der Waals surface area contributed by atoms with Gasteiger partial charge in [0.15, 0.2) is 6.10 Å². The fourth-order valence-electron chi connectivity index (χ4n) is 2.13. The summed E-state index contributed by atoms with van der Waals surface area (Å²) in [6.07, 6.45) is 2.97. The predicted octanol–water partition coefficient (Wildman–Crippen LogP) is 0.0950. The molecule has 1 saturated heterocycles. The summed E-state index contributed by atoms with van der Waals surface area (Å²) in [6.45, 7) is 9.41. The highest BCUT2D eigenvalue weighted by atomic mass is 16.6. The third kappa shape index (κ3) is 6.76. The highest BCUT2D eigenvalue weighted by Gasteiger charge is 2.28. The van der Waals surface area contributed by atoms with Crippen molar-refractivity contribution in [3.05, 3.63) is 25.3 Å². The summed E-state index contributed by atoms with van der Waals surface area (Å²) >= 11 is 0. The van der Waals surface area contributed by atoms with Crippen LogP contribution < -0.4 is 0 Å². The number of ether oxygens (including phenoxy) is 1. The van der Waals surface area contributed by atoms with Crippen molar-refractivity contribution in [3.8, 4) is 0 Å². The molecule has 0 aromatic heterocycles. The van der Waals surface area contributed by atoms with Crippen molar-refractivity contribution in [3.63, 3.8) is 0 Å². The first-order valence-corrected chi connectivity index (χ1v) is 7.71. The van der Waals surface area contributed by atoms with Crippen molar-refractivity contribution in [2.45, 2.75) is 13.0 Å². The van der Waals surface area contributed by atoms with Gasteiger partial charge in [-0.25, -0.2) is 4.79 Å². The summed E-state index contributed by atoms with van der Waals surface area (Å²) in [6, 6.07) is 0. The van der Waals surface area contributed by atoms with Crippen LogP contribution in [0.3, 0.4) is 0 Å². The number of rotatable bonds is 9. The molecule has 0 bridgehead atoms. The third-order valence-electron chi connectivity index (χ3n) is 3.46. The summed E-state index contributed by atoms with van der Waals surface area (Å²) < 4.78 is 5.00. The summed E-state index contributed by atoms with van der Waals surface area (Å²) in [5, 5.41) is 12.5. The van der Waals surface area contributed by atoms with Crippen LogP contribution in [-0.2, 0) is 24.0 Å². The standard InChI is InChI=1S/C16H23N3O6/c1-4-14(20)18-9-13(10-19(11-18)15(21)5-2)8-17-25-7-6-24-12(3)16(22)23/h4-5,8,12-13H,1-2,6-7,9-11H2,3H3,(H,22,23). The van der Waals surface area contributed by atoms with Gasteiger partial charge in [-0.15, -0.1) is 0 Å². The van der Waals surface area contributed by atoms with Gasteiger partial charge in [-0.2, -0.15) is 0 Å². The first-order valence-electron chi connectivity index (χ1n) is 7.71. The van der Waals surface area contributed by atoms with Crippen LogP contribution in [0.4, 0.5) is 0 Å². The lowest BCUT2D eigenvalue weighted by Crippen LogP contribution is -2.53. The summed E-state index contributed by atoms with van der Waals surface area (Å²) in [5.41, 5.74) is 0. The second kappa shape index (κ2) is 10.2. The minimum absolute atomic E-state index is 0.0810. The summed E-state index contributed by atoms with van der Waals surface area (Å²) in [5.74, 6) is -1.82. The predicted molar refractivity (Wildman–Crippen MR) is 89.7 cm³/mol. The maximum absolute atomic E-state index is 11.8. The molecular formula is C16H23N3O6. The van der Waals surface area contributed by atoms with E-state index in [-0.39, 0.29) is 37.6 Å². The smallest absolute Gasteiger partial charge is 0.332 e. The summed E-state index contributed by atoms with van der Waals surface area (Å²) in [4.78, 5) is 42.2. The van der Waals surface area contributed by atoms with Gasteiger partial charge in [0.25, 0.3) is 0 Å². The molecule has 0 aliphatic carbocycles. The first-order chi connectivity index (χ1) is 11.9. The fourth-order valence-corrected chi connectivity index (χ4v) is 2.13. The van der Waals surface area contributed by atoms with Crippen LogP contribution in [0, 0.1) is 5.92 Å². The van der Waals surface area contributed by atoms with Gasteiger partial charge in [0.05, 0.1) is 19.5 Å². The monoisotopic (exact) mass is 353 g/mol. The van der Waals surface area contributed by atoms with Crippen LogP contribution in [0.2, 0.25) is 0 Å². The highest BCUT2D eigenvalue weighted by Crippen LogP contribution is 2.12. The van der Waals surface area contributed by atoms with Gasteiger partial charge < -0.3 is 24.5 Å². The van der Waals surface area contributed by atoms with Gasteiger partial charge in [-0.3, -0.25) is 9.59 Å². The molecule has 0 radical (unpaired) electrons. The van der Waals surface area contributed by atoms with E-state index in [4.69, 9.17) is 14.7 Å². The van der Waals surface area contributed by atoms with Gasteiger partial charge in [0, 0.05) is 19.0 Å². The molecule has 1 aliphatic rings. The molecule has 1 unspecified atom stereocenters. The quantitative estimate of drug-likeness (QED) is 0.272. The Hall–Kier alpha value is -2.68. The Morgan fingerprint density at radius 1 is 1.20 bits per heavy atom. The second-order valence-electron chi connectivity index (χ2n) is 5.37. The maximum atomic E-state index is 11.8. The molecule has 1 rings (SSSR count).